The summed E-state index contributed by atoms with van der Waals surface area (Å²) >= 11 is 1.25. The molecule has 0 fully saturated rings. The quantitative estimate of drug-likeness (QED) is 0.665. The lowest BCUT2D eigenvalue weighted by Crippen LogP contribution is -2.10. The molecule has 1 aliphatic rings. The second-order valence-corrected chi connectivity index (χ2v) is 4.32. The SMILES string of the molecule is CSN.C[C@@H]1CCc2ccccc2C1. The lowest BCUT2D eigenvalue weighted by molar-refractivity contribution is 0.501. The number of benzene rings is 1. The third-order valence-electron chi connectivity index (χ3n) is 2.59. The summed E-state index contributed by atoms with van der Waals surface area (Å²) in [5, 5.41) is 4.76. The van der Waals surface area contributed by atoms with Gasteiger partial charge in [0.15, 0.2) is 0 Å². The number of aryl methyl sites for hydroxylation is 1. The average molecular weight is 209 g/mol. The van der Waals surface area contributed by atoms with Crippen molar-refractivity contribution < 1.29 is 0 Å². The molecular formula is C12H19NS. The molecule has 0 saturated heterocycles. The second-order valence-electron chi connectivity index (χ2n) is 3.85. The lowest BCUT2D eigenvalue weighted by Gasteiger charge is -2.20. The first kappa shape index (κ1) is 11.6. The van der Waals surface area contributed by atoms with E-state index in [-0.39, 0.29) is 0 Å². The molecule has 0 aliphatic heterocycles. The van der Waals surface area contributed by atoms with E-state index in [1.807, 2.05) is 6.26 Å². The van der Waals surface area contributed by atoms with Crippen LogP contribution in [0.2, 0.25) is 0 Å². The van der Waals surface area contributed by atoms with Crippen LogP contribution in [-0.2, 0) is 12.8 Å². The molecule has 1 aliphatic carbocycles. The molecule has 1 aromatic rings. The van der Waals surface area contributed by atoms with Gasteiger partial charge in [-0.1, -0.05) is 43.1 Å². The van der Waals surface area contributed by atoms with E-state index >= 15 is 0 Å². The highest BCUT2D eigenvalue weighted by molar-refractivity contribution is 7.96. The fourth-order valence-corrected chi connectivity index (χ4v) is 1.88. The summed E-state index contributed by atoms with van der Waals surface area (Å²) in [6.07, 6.45) is 5.77. The van der Waals surface area contributed by atoms with Crippen molar-refractivity contribution in [2.45, 2.75) is 26.2 Å². The van der Waals surface area contributed by atoms with Crippen molar-refractivity contribution >= 4 is 11.9 Å². The predicted octanol–water partition coefficient (Wildman–Crippen LogP) is 3.03. The molecular weight excluding hydrogens is 190 g/mol. The molecule has 0 aromatic heterocycles. The first-order valence-electron chi connectivity index (χ1n) is 5.07. The van der Waals surface area contributed by atoms with Gasteiger partial charge in [0.2, 0.25) is 0 Å². The smallest absolute Gasteiger partial charge is 0.00394 e. The Labute approximate surface area is 91.2 Å². The van der Waals surface area contributed by atoms with Crippen LogP contribution in [0.5, 0.6) is 0 Å². The van der Waals surface area contributed by atoms with Crippen LogP contribution in [0.1, 0.15) is 24.5 Å². The Morgan fingerprint density at radius 2 is 1.86 bits per heavy atom. The number of hydrogen-bond donors (Lipinski definition) is 1. The van der Waals surface area contributed by atoms with Gasteiger partial charge in [-0.3, -0.25) is 5.14 Å². The minimum Gasteiger partial charge on any atom is -0.278 e. The van der Waals surface area contributed by atoms with Gasteiger partial charge in [-0.2, -0.15) is 0 Å². The molecule has 14 heavy (non-hydrogen) atoms. The largest absolute Gasteiger partial charge is 0.278 e. The van der Waals surface area contributed by atoms with E-state index in [9.17, 15) is 0 Å². The van der Waals surface area contributed by atoms with Crippen molar-refractivity contribution in [3.63, 3.8) is 0 Å². The van der Waals surface area contributed by atoms with Crippen LogP contribution in [0.4, 0.5) is 0 Å². The Bertz CT molecular complexity index is 273. The Balaban J connectivity index is 0.000000293. The van der Waals surface area contributed by atoms with Crippen LogP contribution >= 0.6 is 11.9 Å². The predicted molar refractivity (Wildman–Crippen MR) is 65.3 cm³/mol. The van der Waals surface area contributed by atoms with Crippen LogP contribution in [-0.4, -0.2) is 6.26 Å². The zero-order chi connectivity index (χ0) is 10.4. The molecule has 2 N–H and O–H groups in total. The summed E-state index contributed by atoms with van der Waals surface area (Å²) in [5.41, 5.74) is 3.15. The summed E-state index contributed by atoms with van der Waals surface area (Å²) in [5.74, 6) is 0.893. The van der Waals surface area contributed by atoms with E-state index < -0.39 is 0 Å². The minimum atomic E-state index is 0.893. The van der Waals surface area contributed by atoms with Crippen molar-refractivity contribution in [1.29, 1.82) is 0 Å². The highest BCUT2D eigenvalue weighted by Gasteiger charge is 2.13. The lowest BCUT2D eigenvalue weighted by atomic mass is 9.85. The van der Waals surface area contributed by atoms with E-state index in [4.69, 9.17) is 5.14 Å². The van der Waals surface area contributed by atoms with E-state index in [0.29, 0.717) is 0 Å². The topological polar surface area (TPSA) is 26.0 Å². The normalized spacial score (nSPS) is 19.2. The molecule has 1 aromatic carbocycles. The summed E-state index contributed by atoms with van der Waals surface area (Å²) in [4.78, 5) is 0. The van der Waals surface area contributed by atoms with Crippen LogP contribution in [0.15, 0.2) is 24.3 Å². The summed E-state index contributed by atoms with van der Waals surface area (Å²) < 4.78 is 0. The van der Waals surface area contributed by atoms with Gasteiger partial charge in [-0.25, -0.2) is 0 Å². The molecule has 2 rings (SSSR count). The minimum absolute atomic E-state index is 0.893. The van der Waals surface area contributed by atoms with E-state index in [0.717, 1.165) is 5.92 Å². The third-order valence-corrected chi connectivity index (χ3v) is 2.59. The van der Waals surface area contributed by atoms with Crippen LogP contribution in [0.25, 0.3) is 0 Å². The fourth-order valence-electron chi connectivity index (χ4n) is 1.88. The number of fused-ring (bicyclic) bond motifs is 1. The standard InChI is InChI=1S/C11H14.CH5NS/c1-9-6-7-10-4-2-3-5-11(10)8-9;1-3-2/h2-5,9H,6-8H2,1H3;2H2,1H3/t9-;/m1./s1. The summed E-state index contributed by atoms with van der Waals surface area (Å²) in [6, 6.07) is 8.83. The van der Waals surface area contributed by atoms with Gasteiger partial charge in [-0.15, -0.1) is 0 Å². The third kappa shape index (κ3) is 3.35. The van der Waals surface area contributed by atoms with Gasteiger partial charge in [0.25, 0.3) is 0 Å². The van der Waals surface area contributed by atoms with Crippen LogP contribution < -0.4 is 5.14 Å². The zero-order valence-electron chi connectivity index (χ0n) is 8.99. The van der Waals surface area contributed by atoms with Gasteiger partial charge in [0.05, 0.1) is 0 Å². The molecule has 1 nitrogen and oxygen atoms in total. The highest BCUT2D eigenvalue weighted by atomic mass is 32.2. The maximum Gasteiger partial charge on any atom is -0.00394 e. The van der Waals surface area contributed by atoms with Crippen molar-refractivity contribution in [3.8, 4) is 0 Å². The first-order valence-corrected chi connectivity index (χ1v) is 6.36. The highest BCUT2D eigenvalue weighted by Crippen LogP contribution is 2.24. The Kier molecular flexibility index (Phi) is 5.05. The van der Waals surface area contributed by atoms with Gasteiger partial charge in [0, 0.05) is 0 Å². The summed E-state index contributed by atoms with van der Waals surface area (Å²) in [6.45, 7) is 2.34. The molecule has 2 heteroatoms. The molecule has 0 saturated carbocycles. The Morgan fingerprint density at radius 3 is 2.50 bits per heavy atom. The molecule has 0 amide bonds. The van der Waals surface area contributed by atoms with E-state index in [1.54, 1.807) is 11.1 Å². The molecule has 0 radical (unpaired) electrons. The molecule has 0 unspecified atom stereocenters. The molecule has 0 spiro atoms. The van der Waals surface area contributed by atoms with Gasteiger partial charge in [-0.05, 0) is 42.6 Å². The van der Waals surface area contributed by atoms with Gasteiger partial charge >= 0.3 is 0 Å². The molecule has 0 bridgehead atoms. The molecule has 1 atom stereocenters. The molecule has 78 valence electrons. The number of nitrogens with two attached hydrogens (primary N) is 1. The van der Waals surface area contributed by atoms with Gasteiger partial charge in [0.1, 0.15) is 0 Å². The van der Waals surface area contributed by atoms with E-state index in [1.165, 1.54) is 31.2 Å². The summed E-state index contributed by atoms with van der Waals surface area (Å²) in [7, 11) is 0. The molecule has 0 heterocycles. The first-order chi connectivity index (χ1) is 6.77. The Morgan fingerprint density at radius 1 is 1.29 bits per heavy atom. The zero-order valence-corrected chi connectivity index (χ0v) is 9.81. The van der Waals surface area contributed by atoms with Crippen molar-refractivity contribution in [2.75, 3.05) is 6.26 Å². The van der Waals surface area contributed by atoms with E-state index in [2.05, 4.69) is 31.2 Å². The maximum atomic E-state index is 4.76. The monoisotopic (exact) mass is 209 g/mol. The van der Waals surface area contributed by atoms with Crippen molar-refractivity contribution in [2.24, 2.45) is 11.1 Å². The second kappa shape index (κ2) is 6.10. The van der Waals surface area contributed by atoms with Crippen LogP contribution in [0, 0.1) is 5.92 Å². The van der Waals surface area contributed by atoms with Gasteiger partial charge < -0.3 is 0 Å². The van der Waals surface area contributed by atoms with Crippen molar-refractivity contribution in [3.05, 3.63) is 35.4 Å². The maximum absolute atomic E-state index is 4.76. The average Bonchev–Trinajstić information content (AvgIpc) is 2.19. The van der Waals surface area contributed by atoms with Crippen LogP contribution in [0.3, 0.4) is 0 Å². The number of hydrogen-bond acceptors (Lipinski definition) is 2. The fraction of sp³-hybridized carbons (Fsp3) is 0.500. The Hall–Kier alpha value is -0.470. The van der Waals surface area contributed by atoms with Crippen molar-refractivity contribution in [1.82, 2.24) is 0 Å². The number of rotatable bonds is 0.